The summed E-state index contributed by atoms with van der Waals surface area (Å²) in [5, 5.41) is 20.5. The van der Waals surface area contributed by atoms with Crippen LogP contribution in [0, 0.1) is 10.1 Å². The number of esters is 1. The van der Waals surface area contributed by atoms with Crippen LogP contribution in [0.3, 0.4) is 0 Å². The number of methoxy groups -OCH3 is 1. The molecule has 4 rings (SSSR count). The van der Waals surface area contributed by atoms with Gasteiger partial charge in [0.2, 0.25) is 0 Å². The summed E-state index contributed by atoms with van der Waals surface area (Å²) in [4.78, 5) is 25.4. The fourth-order valence-corrected chi connectivity index (χ4v) is 4.62. The molecule has 0 N–H and O–H groups in total. The Balaban J connectivity index is 1.87. The van der Waals surface area contributed by atoms with Crippen molar-refractivity contribution in [3.63, 3.8) is 0 Å². The quantitative estimate of drug-likeness (QED) is 0.294. The van der Waals surface area contributed by atoms with Crippen LogP contribution in [-0.4, -0.2) is 29.3 Å². The van der Waals surface area contributed by atoms with E-state index in [0.717, 1.165) is 4.88 Å². The zero-order valence-electron chi connectivity index (χ0n) is 16.5. The second-order valence-electron chi connectivity index (χ2n) is 7.07. The van der Waals surface area contributed by atoms with Crippen LogP contribution in [0.1, 0.15) is 16.9 Å². The number of nitro benzene ring substituents is 1. The van der Waals surface area contributed by atoms with Crippen molar-refractivity contribution in [2.24, 2.45) is 5.10 Å². The Labute approximate surface area is 187 Å². The third kappa shape index (κ3) is 3.92. The molecule has 0 bridgehead atoms. The van der Waals surface area contributed by atoms with Gasteiger partial charge in [-0.2, -0.15) is 5.10 Å². The maximum Gasteiger partial charge on any atom is 0.334 e. The fourth-order valence-electron chi connectivity index (χ4n) is 3.78. The summed E-state index contributed by atoms with van der Waals surface area (Å²) < 4.78 is 5.20. The van der Waals surface area contributed by atoms with Gasteiger partial charge in [-0.05, 0) is 35.7 Å². The van der Waals surface area contributed by atoms with Gasteiger partial charge in [0, 0.05) is 29.5 Å². The molecule has 1 aliphatic rings. The summed E-state index contributed by atoms with van der Waals surface area (Å²) in [6.45, 7) is 0. The molecule has 0 saturated carbocycles. The normalized spacial score (nSPS) is 18.0. The SMILES string of the molecule is COC(=O)C1(Cc2ccccc2[N+](=O)[O-])CC(c2cccs2)=NN1c1ccc(Cl)cc1. The number of hydrogen-bond donors (Lipinski definition) is 0. The van der Waals surface area contributed by atoms with Crippen LogP contribution < -0.4 is 5.01 Å². The minimum absolute atomic E-state index is 0.0496. The van der Waals surface area contributed by atoms with E-state index in [1.807, 2.05) is 17.5 Å². The van der Waals surface area contributed by atoms with E-state index in [9.17, 15) is 14.9 Å². The van der Waals surface area contributed by atoms with Gasteiger partial charge in [0.25, 0.3) is 5.69 Å². The van der Waals surface area contributed by atoms with Crippen molar-refractivity contribution in [3.05, 3.63) is 91.6 Å². The maximum atomic E-state index is 13.3. The molecular formula is C22H18ClN3O4S. The summed E-state index contributed by atoms with van der Waals surface area (Å²) in [7, 11) is 1.31. The molecule has 9 heteroatoms. The van der Waals surface area contributed by atoms with Gasteiger partial charge in [-0.15, -0.1) is 11.3 Å². The molecule has 1 atom stereocenters. The summed E-state index contributed by atoms with van der Waals surface area (Å²) in [5.74, 6) is -0.518. The number of para-hydroxylation sites is 1. The zero-order chi connectivity index (χ0) is 22.0. The number of halogens is 1. The number of rotatable bonds is 6. The van der Waals surface area contributed by atoms with Crippen molar-refractivity contribution < 1.29 is 14.5 Å². The topological polar surface area (TPSA) is 85.0 Å². The first kappa shape index (κ1) is 21.0. The van der Waals surface area contributed by atoms with E-state index < -0.39 is 16.4 Å². The lowest BCUT2D eigenvalue weighted by Crippen LogP contribution is -2.52. The third-order valence-corrected chi connectivity index (χ3v) is 6.37. The monoisotopic (exact) mass is 455 g/mol. The zero-order valence-corrected chi connectivity index (χ0v) is 18.1. The van der Waals surface area contributed by atoms with Crippen molar-refractivity contribution in [2.75, 3.05) is 12.1 Å². The Morgan fingerprint density at radius 3 is 2.61 bits per heavy atom. The summed E-state index contributed by atoms with van der Waals surface area (Å²) >= 11 is 7.57. The first-order valence-electron chi connectivity index (χ1n) is 9.42. The van der Waals surface area contributed by atoms with E-state index in [0.29, 0.717) is 22.0 Å². The molecule has 0 amide bonds. The molecule has 0 spiro atoms. The molecular weight excluding hydrogens is 438 g/mol. The molecule has 1 aromatic heterocycles. The molecule has 3 aromatic rings. The van der Waals surface area contributed by atoms with Crippen molar-refractivity contribution in [1.82, 2.24) is 0 Å². The Hall–Kier alpha value is -3.23. The largest absolute Gasteiger partial charge is 0.467 e. The van der Waals surface area contributed by atoms with Gasteiger partial charge in [0.05, 0.1) is 28.3 Å². The van der Waals surface area contributed by atoms with Crippen LogP contribution in [0.5, 0.6) is 0 Å². The number of hydrogen-bond acceptors (Lipinski definition) is 7. The van der Waals surface area contributed by atoms with Gasteiger partial charge in [0.1, 0.15) is 0 Å². The average molecular weight is 456 g/mol. The minimum atomic E-state index is -1.28. The van der Waals surface area contributed by atoms with Crippen LogP contribution >= 0.6 is 22.9 Å². The molecule has 0 fully saturated rings. The molecule has 1 aliphatic heterocycles. The van der Waals surface area contributed by atoms with E-state index in [2.05, 4.69) is 0 Å². The number of benzene rings is 2. The van der Waals surface area contributed by atoms with E-state index in [4.69, 9.17) is 21.4 Å². The number of anilines is 1. The first-order chi connectivity index (χ1) is 14.9. The number of carbonyl (C=O) groups is 1. The Morgan fingerprint density at radius 2 is 1.97 bits per heavy atom. The third-order valence-electron chi connectivity index (χ3n) is 5.20. The molecule has 0 aliphatic carbocycles. The summed E-state index contributed by atoms with van der Waals surface area (Å²) in [5.41, 5.74) is 0.452. The predicted octanol–water partition coefficient (Wildman–Crippen LogP) is 5.08. The fraction of sp³-hybridized carbons (Fsp3) is 0.182. The summed E-state index contributed by atoms with van der Waals surface area (Å²) in [6.07, 6.45) is 0.298. The number of nitro groups is 1. The van der Waals surface area contributed by atoms with E-state index >= 15 is 0 Å². The number of ether oxygens (including phenoxy) is 1. The second-order valence-corrected chi connectivity index (χ2v) is 8.46. The van der Waals surface area contributed by atoms with Gasteiger partial charge in [0.15, 0.2) is 5.54 Å². The Morgan fingerprint density at radius 1 is 1.23 bits per heavy atom. The molecule has 0 saturated heterocycles. The highest BCUT2D eigenvalue weighted by molar-refractivity contribution is 7.12. The van der Waals surface area contributed by atoms with Gasteiger partial charge < -0.3 is 4.74 Å². The van der Waals surface area contributed by atoms with Gasteiger partial charge in [-0.3, -0.25) is 10.1 Å². The second kappa shape index (κ2) is 8.49. The van der Waals surface area contributed by atoms with Crippen LogP contribution in [0.15, 0.2) is 71.1 Å². The summed E-state index contributed by atoms with van der Waals surface area (Å²) in [6, 6.07) is 17.2. The molecule has 7 nitrogen and oxygen atoms in total. The highest BCUT2D eigenvalue weighted by Gasteiger charge is 2.52. The van der Waals surface area contributed by atoms with Gasteiger partial charge in [-0.25, -0.2) is 9.80 Å². The smallest absolute Gasteiger partial charge is 0.334 e. The molecule has 1 unspecified atom stereocenters. The van der Waals surface area contributed by atoms with Crippen LogP contribution in [0.2, 0.25) is 5.02 Å². The molecule has 0 radical (unpaired) electrons. The number of hydrazone groups is 1. The number of nitrogens with zero attached hydrogens (tertiary/aromatic N) is 3. The average Bonchev–Trinajstić information content (AvgIpc) is 3.43. The highest BCUT2D eigenvalue weighted by Crippen LogP contribution is 2.40. The van der Waals surface area contributed by atoms with Crippen LogP contribution in [0.25, 0.3) is 0 Å². The van der Waals surface area contributed by atoms with Crippen molar-refractivity contribution in [1.29, 1.82) is 0 Å². The van der Waals surface area contributed by atoms with Crippen LogP contribution in [0.4, 0.5) is 11.4 Å². The van der Waals surface area contributed by atoms with Crippen LogP contribution in [-0.2, 0) is 16.0 Å². The number of carbonyl (C=O) groups excluding carboxylic acids is 1. The first-order valence-corrected chi connectivity index (χ1v) is 10.7. The minimum Gasteiger partial charge on any atom is -0.467 e. The lowest BCUT2D eigenvalue weighted by atomic mass is 9.85. The predicted molar refractivity (Wildman–Crippen MR) is 121 cm³/mol. The lowest BCUT2D eigenvalue weighted by molar-refractivity contribution is -0.385. The maximum absolute atomic E-state index is 13.3. The van der Waals surface area contributed by atoms with Crippen molar-refractivity contribution in [2.45, 2.75) is 18.4 Å². The van der Waals surface area contributed by atoms with Gasteiger partial charge in [-0.1, -0.05) is 35.9 Å². The van der Waals surface area contributed by atoms with E-state index in [-0.39, 0.29) is 18.5 Å². The molecule has 158 valence electrons. The van der Waals surface area contributed by atoms with Crippen molar-refractivity contribution >= 4 is 46.0 Å². The molecule has 2 heterocycles. The molecule has 31 heavy (non-hydrogen) atoms. The van der Waals surface area contributed by atoms with Gasteiger partial charge >= 0.3 is 5.97 Å². The Bertz CT molecular complexity index is 1150. The Kier molecular flexibility index (Phi) is 5.75. The highest BCUT2D eigenvalue weighted by atomic mass is 35.5. The molecule has 2 aromatic carbocycles. The van der Waals surface area contributed by atoms with E-state index in [1.54, 1.807) is 47.5 Å². The van der Waals surface area contributed by atoms with E-state index in [1.165, 1.54) is 24.5 Å². The van der Waals surface area contributed by atoms with Crippen molar-refractivity contribution in [3.8, 4) is 0 Å². The standard InChI is InChI=1S/C22H18ClN3O4S/c1-30-21(27)22(13-15-5-2-3-6-19(15)26(28)29)14-18(20-7-4-12-31-20)24-25(22)17-10-8-16(23)9-11-17/h2-12H,13-14H2,1H3. The number of thiophene rings is 1. The lowest BCUT2D eigenvalue weighted by Gasteiger charge is -2.35.